The standard InChI is InChI=1S/C25H32/c1-3-5-7-21-10-14-23(15-11-21)25-18-16-24(17-19-25)22-12-8-20(6-4-2)9-13-22/h8,10-12,14-20,22H,3-7,9,13H2,1-2H3. The molecule has 0 aromatic heterocycles. The Morgan fingerprint density at radius 1 is 0.760 bits per heavy atom. The van der Waals surface area contributed by atoms with Crippen LogP contribution in [0.25, 0.3) is 11.1 Å². The fourth-order valence-electron chi connectivity index (χ4n) is 3.93. The van der Waals surface area contributed by atoms with Gasteiger partial charge < -0.3 is 0 Å². The molecular formula is C25H32. The number of allylic oxidation sites excluding steroid dienone is 2. The van der Waals surface area contributed by atoms with Crippen LogP contribution in [0.15, 0.2) is 60.7 Å². The first-order valence-electron chi connectivity index (χ1n) is 10.2. The van der Waals surface area contributed by atoms with Gasteiger partial charge in [0.25, 0.3) is 0 Å². The van der Waals surface area contributed by atoms with Gasteiger partial charge in [0.05, 0.1) is 0 Å². The summed E-state index contributed by atoms with van der Waals surface area (Å²) < 4.78 is 0. The van der Waals surface area contributed by atoms with E-state index in [0.717, 1.165) is 5.92 Å². The maximum absolute atomic E-state index is 2.46. The molecule has 0 bridgehead atoms. The third-order valence-corrected chi connectivity index (χ3v) is 5.57. The Bertz CT molecular complexity index is 660. The minimum Gasteiger partial charge on any atom is -0.0848 e. The predicted octanol–water partition coefficient (Wildman–Crippen LogP) is 7.55. The van der Waals surface area contributed by atoms with E-state index in [9.17, 15) is 0 Å². The molecule has 0 radical (unpaired) electrons. The minimum atomic E-state index is 0.610. The van der Waals surface area contributed by atoms with Crippen molar-refractivity contribution in [3.05, 3.63) is 71.8 Å². The normalized spacial score (nSPS) is 19.9. The van der Waals surface area contributed by atoms with Crippen molar-refractivity contribution in [1.82, 2.24) is 0 Å². The van der Waals surface area contributed by atoms with Crippen molar-refractivity contribution in [3.63, 3.8) is 0 Å². The molecular weight excluding hydrogens is 300 g/mol. The molecule has 0 heteroatoms. The molecule has 3 rings (SSSR count). The average Bonchev–Trinajstić information content (AvgIpc) is 2.68. The zero-order valence-electron chi connectivity index (χ0n) is 15.9. The third kappa shape index (κ3) is 4.84. The van der Waals surface area contributed by atoms with Gasteiger partial charge in [-0.3, -0.25) is 0 Å². The lowest BCUT2D eigenvalue weighted by Gasteiger charge is -2.23. The predicted molar refractivity (Wildman–Crippen MR) is 110 cm³/mol. The molecule has 0 N–H and O–H groups in total. The van der Waals surface area contributed by atoms with Crippen LogP contribution in [0.3, 0.4) is 0 Å². The Kier molecular flexibility index (Phi) is 6.50. The summed E-state index contributed by atoms with van der Waals surface area (Å²) in [7, 11) is 0. The monoisotopic (exact) mass is 332 g/mol. The zero-order valence-corrected chi connectivity index (χ0v) is 15.9. The molecule has 0 aliphatic heterocycles. The van der Waals surface area contributed by atoms with Gasteiger partial charge in [-0.1, -0.05) is 87.4 Å². The van der Waals surface area contributed by atoms with Gasteiger partial charge in [0.2, 0.25) is 0 Å². The molecule has 2 aromatic rings. The molecule has 0 nitrogen and oxygen atoms in total. The van der Waals surface area contributed by atoms with E-state index >= 15 is 0 Å². The number of aryl methyl sites for hydroxylation is 1. The first-order chi connectivity index (χ1) is 12.3. The fraction of sp³-hybridized carbons (Fsp3) is 0.440. The van der Waals surface area contributed by atoms with Crippen molar-refractivity contribution >= 4 is 0 Å². The van der Waals surface area contributed by atoms with Gasteiger partial charge in [-0.15, -0.1) is 0 Å². The van der Waals surface area contributed by atoms with E-state index in [2.05, 4.69) is 74.5 Å². The third-order valence-electron chi connectivity index (χ3n) is 5.57. The van der Waals surface area contributed by atoms with E-state index in [4.69, 9.17) is 0 Å². The van der Waals surface area contributed by atoms with Gasteiger partial charge in [0.15, 0.2) is 0 Å². The van der Waals surface area contributed by atoms with E-state index in [-0.39, 0.29) is 0 Å². The van der Waals surface area contributed by atoms with Crippen LogP contribution in [-0.2, 0) is 6.42 Å². The zero-order chi connectivity index (χ0) is 17.5. The van der Waals surface area contributed by atoms with Crippen LogP contribution in [-0.4, -0.2) is 0 Å². The Morgan fingerprint density at radius 3 is 2.00 bits per heavy atom. The lowest BCUT2D eigenvalue weighted by atomic mass is 9.82. The van der Waals surface area contributed by atoms with Crippen LogP contribution >= 0.6 is 0 Å². The van der Waals surface area contributed by atoms with Crippen molar-refractivity contribution in [2.45, 2.75) is 64.7 Å². The fourth-order valence-corrected chi connectivity index (χ4v) is 3.93. The summed E-state index contributed by atoms with van der Waals surface area (Å²) in [6, 6.07) is 18.4. The average molecular weight is 333 g/mol. The smallest absolute Gasteiger partial charge is 0.00182 e. The molecule has 0 spiro atoms. The summed E-state index contributed by atoms with van der Waals surface area (Å²) in [5.41, 5.74) is 5.58. The highest BCUT2D eigenvalue weighted by Crippen LogP contribution is 2.33. The van der Waals surface area contributed by atoms with Crippen molar-refractivity contribution in [2.24, 2.45) is 5.92 Å². The number of unbranched alkanes of at least 4 members (excludes halogenated alkanes) is 1. The second-order valence-electron chi connectivity index (χ2n) is 7.54. The number of hydrogen-bond donors (Lipinski definition) is 0. The van der Waals surface area contributed by atoms with E-state index in [1.165, 1.54) is 67.2 Å². The molecule has 0 fully saturated rings. The quantitative estimate of drug-likeness (QED) is 0.459. The van der Waals surface area contributed by atoms with E-state index < -0.39 is 0 Å². The maximum atomic E-state index is 2.46. The van der Waals surface area contributed by atoms with Gasteiger partial charge in [-0.05, 0) is 60.3 Å². The molecule has 2 atom stereocenters. The SMILES string of the molecule is CCCCc1ccc(-c2ccc(C3C=CC(CCC)CC3)cc2)cc1. The second-order valence-corrected chi connectivity index (χ2v) is 7.54. The van der Waals surface area contributed by atoms with Gasteiger partial charge in [0, 0.05) is 5.92 Å². The van der Waals surface area contributed by atoms with E-state index in [1.54, 1.807) is 0 Å². The first-order valence-corrected chi connectivity index (χ1v) is 10.2. The molecule has 2 aromatic carbocycles. The highest BCUT2D eigenvalue weighted by Gasteiger charge is 2.16. The van der Waals surface area contributed by atoms with Crippen molar-refractivity contribution in [1.29, 1.82) is 0 Å². The van der Waals surface area contributed by atoms with Crippen LogP contribution in [0, 0.1) is 5.92 Å². The molecule has 2 unspecified atom stereocenters. The summed E-state index contributed by atoms with van der Waals surface area (Å²) in [5, 5.41) is 0. The van der Waals surface area contributed by atoms with Crippen LogP contribution in [0.4, 0.5) is 0 Å². The van der Waals surface area contributed by atoms with E-state index in [0.29, 0.717) is 5.92 Å². The summed E-state index contributed by atoms with van der Waals surface area (Å²) in [6.45, 7) is 4.54. The number of rotatable bonds is 7. The molecule has 0 saturated heterocycles. The Hall–Kier alpha value is -1.82. The van der Waals surface area contributed by atoms with Crippen molar-refractivity contribution in [2.75, 3.05) is 0 Å². The summed E-state index contributed by atoms with van der Waals surface area (Å²) >= 11 is 0. The van der Waals surface area contributed by atoms with Gasteiger partial charge in [-0.25, -0.2) is 0 Å². The second kappa shape index (κ2) is 9.04. The summed E-state index contributed by atoms with van der Waals surface area (Å²) in [4.78, 5) is 0. The molecule has 132 valence electrons. The van der Waals surface area contributed by atoms with Crippen molar-refractivity contribution < 1.29 is 0 Å². The van der Waals surface area contributed by atoms with E-state index in [1.807, 2.05) is 0 Å². The minimum absolute atomic E-state index is 0.610. The maximum Gasteiger partial charge on any atom is 0.00182 e. The molecule has 0 saturated carbocycles. The van der Waals surface area contributed by atoms with Crippen molar-refractivity contribution in [3.8, 4) is 11.1 Å². The topological polar surface area (TPSA) is 0 Å². The van der Waals surface area contributed by atoms with Gasteiger partial charge in [0.1, 0.15) is 0 Å². The highest BCUT2D eigenvalue weighted by atomic mass is 14.2. The molecule has 0 amide bonds. The Balaban J connectivity index is 1.65. The molecule has 0 heterocycles. The molecule has 1 aliphatic carbocycles. The summed E-state index contributed by atoms with van der Waals surface area (Å²) in [5.74, 6) is 1.42. The van der Waals surface area contributed by atoms with Crippen LogP contribution in [0.5, 0.6) is 0 Å². The largest absolute Gasteiger partial charge is 0.0848 e. The van der Waals surface area contributed by atoms with Crippen LogP contribution < -0.4 is 0 Å². The van der Waals surface area contributed by atoms with Crippen LogP contribution in [0.1, 0.15) is 69.4 Å². The van der Waals surface area contributed by atoms with Gasteiger partial charge >= 0.3 is 0 Å². The Morgan fingerprint density at radius 2 is 1.44 bits per heavy atom. The summed E-state index contributed by atoms with van der Waals surface area (Å²) in [6.07, 6.45) is 13.9. The number of hydrogen-bond acceptors (Lipinski definition) is 0. The lowest BCUT2D eigenvalue weighted by Crippen LogP contribution is -2.07. The van der Waals surface area contributed by atoms with Gasteiger partial charge in [-0.2, -0.15) is 0 Å². The Labute approximate surface area is 154 Å². The molecule has 1 aliphatic rings. The van der Waals surface area contributed by atoms with Crippen LogP contribution in [0.2, 0.25) is 0 Å². The highest BCUT2D eigenvalue weighted by molar-refractivity contribution is 5.64. The first kappa shape index (κ1) is 18.0. The molecule has 25 heavy (non-hydrogen) atoms. The number of benzene rings is 2. The lowest BCUT2D eigenvalue weighted by molar-refractivity contribution is 0.477.